The van der Waals surface area contributed by atoms with Crippen LogP contribution >= 0.6 is 12.2 Å². The molecule has 0 aliphatic carbocycles. The van der Waals surface area contributed by atoms with Gasteiger partial charge in [0.05, 0.1) is 12.1 Å². The fourth-order valence-electron chi connectivity index (χ4n) is 2.27. The zero-order chi connectivity index (χ0) is 15.2. The molecule has 2 rings (SSSR count). The van der Waals surface area contributed by atoms with E-state index in [1.165, 1.54) is 0 Å². The number of hydrogen-bond donors (Lipinski definition) is 2. The SMILES string of the molecule is C[C@@H]([C@@H](C)O)[C@@H](NC(=S)c1ccccc1)c1ccccc1. The van der Waals surface area contributed by atoms with E-state index in [2.05, 4.69) is 17.4 Å². The van der Waals surface area contributed by atoms with Gasteiger partial charge in [0.1, 0.15) is 4.99 Å². The molecule has 0 spiro atoms. The van der Waals surface area contributed by atoms with Gasteiger partial charge in [0, 0.05) is 11.5 Å². The van der Waals surface area contributed by atoms with Crippen molar-refractivity contribution in [1.29, 1.82) is 0 Å². The van der Waals surface area contributed by atoms with Crippen LogP contribution in [-0.2, 0) is 0 Å². The maximum Gasteiger partial charge on any atom is 0.107 e. The van der Waals surface area contributed by atoms with Crippen molar-refractivity contribution in [2.75, 3.05) is 0 Å². The summed E-state index contributed by atoms with van der Waals surface area (Å²) in [6.45, 7) is 3.84. The van der Waals surface area contributed by atoms with Gasteiger partial charge in [-0.2, -0.15) is 0 Å². The third-order valence-corrected chi connectivity index (χ3v) is 4.12. The lowest BCUT2D eigenvalue weighted by Crippen LogP contribution is -2.35. The molecule has 0 fully saturated rings. The summed E-state index contributed by atoms with van der Waals surface area (Å²) >= 11 is 5.51. The van der Waals surface area contributed by atoms with Crippen molar-refractivity contribution in [2.45, 2.75) is 26.0 Å². The van der Waals surface area contributed by atoms with Gasteiger partial charge in [-0.3, -0.25) is 0 Å². The van der Waals surface area contributed by atoms with Gasteiger partial charge < -0.3 is 10.4 Å². The predicted octanol–water partition coefficient (Wildman–Crippen LogP) is 3.71. The number of aliphatic hydroxyl groups excluding tert-OH is 1. The van der Waals surface area contributed by atoms with Crippen molar-refractivity contribution < 1.29 is 5.11 Å². The van der Waals surface area contributed by atoms with E-state index in [1.807, 2.05) is 62.4 Å². The zero-order valence-electron chi connectivity index (χ0n) is 12.4. The van der Waals surface area contributed by atoms with Crippen molar-refractivity contribution in [1.82, 2.24) is 5.32 Å². The smallest absolute Gasteiger partial charge is 0.107 e. The maximum atomic E-state index is 9.95. The molecule has 110 valence electrons. The number of nitrogens with one attached hydrogen (secondary N) is 1. The summed E-state index contributed by atoms with van der Waals surface area (Å²) in [5, 5.41) is 13.4. The highest BCUT2D eigenvalue weighted by molar-refractivity contribution is 7.80. The van der Waals surface area contributed by atoms with Gasteiger partial charge in [0.2, 0.25) is 0 Å². The Balaban J connectivity index is 2.23. The molecule has 3 heteroatoms. The fraction of sp³-hybridized carbons (Fsp3) is 0.278. The molecule has 0 radical (unpaired) electrons. The molecule has 2 nitrogen and oxygen atoms in total. The van der Waals surface area contributed by atoms with E-state index in [4.69, 9.17) is 12.2 Å². The summed E-state index contributed by atoms with van der Waals surface area (Å²) in [7, 11) is 0. The number of thiocarbonyl (C=S) groups is 1. The summed E-state index contributed by atoms with van der Waals surface area (Å²) in [6.07, 6.45) is -0.415. The van der Waals surface area contributed by atoms with Crippen LogP contribution in [0.4, 0.5) is 0 Å². The Hall–Kier alpha value is -1.71. The summed E-state index contributed by atoms with van der Waals surface area (Å²) in [4.78, 5) is 0.706. The third-order valence-electron chi connectivity index (χ3n) is 3.77. The lowest BCUT2D eigenvalue weighted by Gasteiger charge is -2.29. The lowest BCUT2D eigenvalue weighted by molar-refractivity contribution is 0.115. The van der Waals surface area contributed by atoms with E-state index in [9.17, 15) is 5.11 Å². The number of rotatable bonds is 5. The van der Waals surface area contributed by atoms with Gasteiger partial charge in [-0.15, -0.1) is 0 Å². The van der Waals surface area contributed by atoms with Gasteiger partial charge >= 0.3 is 0 Å². The van der Waals surface area contributed by atoms with Gasteiger partial charge in [-0.05, 0) is 12.5 Å². The van der Waals surface area contributed by atoms with E-state index in [0.717, 1.165) is 11.1 Å². The summed E-state index contributed by atoms with van der Waals surface area (Å²) in [5.41, 5.74) is 2.12. The van der Waals surface area contributed by atoms with Gasteiger partial charge in [0.25, 0.3) is 0 Å². The first kappa shape index (κ1) is 15.7. The van der Waals surface area contributed by atoms with Crippen LogP contribution in [0.15, 0.2) is 60.7 Å². The number of hydrogen-bond acceptors (Lipinski definition) is 2. The molecule has 2 N–H and O–H groups in total. The standard InChI is InChI=1S/C18H21NOS/c1-13(14(2)20)17(15-9-5-3-6-10-15)19-18(21)16-11-7-4-8-12-16/h3-14,17,20H,1-2H3,(H,19,21)/t13-,14+,17+/m0/s1. The van der Waals surface area contributed by atoms with E-state index in [1.54, 1.807) is 0 Å². The van der Waals surface area contributed by atoms with Crippen molar-refractivity contribution in [3.05, 3.63) is 71.8 Å². The molecule has 0 aliphatic rings. The Morgan fingerprint density at radius 2 is 1.48 bits per heavy atom. The highest BCUT2D eigenvalue weighted by atomic mass is 32.1. The van der Waals surface area contributed by atoms with Crippen LogP contribution in [0.1, 0.15) is 31.0 Å². The monoisotopic (exact) mass is 299 g/mol. The number of benzene rings is 2. The first-order chi connectivity index (χ1) is 10.1. The first-order valence-corrected chi connectivity index (χ1v) is 7.59. The molecule has 2 aromatic rings. The molecule has 2 aromatic carbocycles. The van der Waals surface area contributed by atoms with Crippen LogP contribution in [0.25, 0.3) is 0 Å². The highest BCUT2D eigenvalue weighted by Gasteiger charge is 2.24. The van der Waals surface area contributed by atoms with Crippen LogP contribution in [0.5, 0.6) is 0 Å². The van der Waals surface area contributed by atoms with Crippen LogP contribution < -0.4 is 5.32 Å². The Labute approximate surface area is 131 Å². The Morgan fingerprint density at radius 1 is 0.952 bits per heavy atom. The lowest BCUT2D eigenvalue weighted by atomic mass is 9.90. The second-order valence-electron chi connectivity index (χ2n) is 5.33. The van der Waals surface area contributed by atoms with E-state index in [-0.39, 0.29) is 12.0 Å². The van der Waals surface area contributed by atoms with Crippen LogP contribution in [0.3, 0.4) is 0 Å². The van der Waals surface area contributed by atoms with Crippen molar-refractivity contribution in [3.8, 4) is 0 Å². The molecule has 0 saturated carbocycles. The molecule has 3 atom stereocenters. The minimum Gasteiger partial charge on any atom is -0.393 e. The van der Waals surface area contributed by atoms with E-state index >= 15 is 0 Å². The van der Waals surface area contributed by atoms with Crippen LogP contribution in [0.2, 0.25) is 0 Å². The largest absolute Gasteiger partial charge is 0.393 e. The average molecular weight is 299 g/mol. The Bertz CT molecular complexity index is 568. The van der Waals surface area contributed by atoms with Gasteiger partial charge in [-0.1, -0.05) is 79.8 Å². The zero-order valence-corrected chi connectivity index (χ0v) is 13.2. The second-order valence-corrected chi connectivity index (χ2v) is 5.74. The minimum atomic E-state index is -0.415. The molecular weight excluding hydrogens is 278 g/mol. The maximum absolute atomic E-state index is 9.95. The molecular formula is C18H21NOS. The highest BCUT2D eigenvalue weighted by Crippen LogP contribution is 2.25. The first-order valence-electron chi connectivity index (χ1n) is 7.18. The molecule has 0 bridgehead atoms. The molecule has 0 amide bonds. The average Bonchev–Trinajstić information content (AvgIpc) is 2.53. The molecule has 21 heavy (non-hydrogen) atoms. The van der Waals surface area contributed by atoms with E-state index < -0.39 is 6.10 Å². The molecule has 0 aliphatic heterocycles. The predicted molar refractivity (Wildman–Crippen MR) is 91.3 cm³/mol. The Kier molecular flexibility index (Phi) is 5.48. The van der Waals surface area contributed by atoms with Gasteiger partial charge in [0.15, 0.2) is 0 Å². The van der Waals surface area contributed by atoms with Gasteiger partial charge in [-0.25, -0.2) is 0 Å². The van der Waals surface area contributed by atoms with Crippen molar-refractivity contribution in [3.63, 3.8) is 0 Å². The van der Waals surface area contributed by atoms with Crippen molar-refractivity contribution >= 4 is 17.2 Å². The second kappa shape index (κ2) is 7.34. The molecule has 0 unspecified atom stereocenters. The summed E-state index contributed by atoms with van der Waals surface area (Å²) in [5.74, 6) is 0.0501. The van der Waals surface area contributed by atoms with Crippen molar-refractivity contribution in [2.24, 2.45) is 5.92 Å². The quantitative estimate of drug-likeness (QED) is 0.826. The Morgan fingerprint density at radius 3 is 2.00 bits per heavy atom. The minimum absolute atomic E-state index is 0.0149. The van der Waals surface area contributed by atoms with Crippen LogP contribution in [0, 0.1) is 5.92 Å². The van der Waals surface area contributed by atoms with E-state index in [0.29, 0.717) is 4.99 Å². The van der Waals surface area contributed by atoms with Crippen LogP contribution in [-0.4, -0.2) is 16.2 Å². The normalized spacial score (nSPS) is 15.0. The third kappa shape index (κ3) is 4.13. The summed E-state index contributed by atoms with van der Waals surface area (Å²) < 4.78 is 0. The summed E-state index contributed by atoms with van der Waals surface area (Å²) in [6, 6.07) is 20.0. The molecule has 0 heterocycles. The molecule has 0 aromatic heterocycles. The molecule has 0 saturated heterocycles. The topological polar surface area (TPSA) is 32.3 Å². The fourth-order valence-corrected chi connectivity index (χ4v) is 2.53. The number of aliphatic hydroxyl groups is 1.